The van der Waals surface area contributed by atoms with Crippen molar-refractivity contribution in [3.63, 3.8) is 0 Å². The van der Waals surface area contributed by atoms with Crippen LogP contribution in [0.4, 0.5) is 0 Å². The second kappa shape index (κ2) is 5.76. The molecular weight excluding hydrogens is 242 g/mol. The molecule has 0 radical (unpaired) electrons. The van der Waals surface area contributed by atoms with E-state index in [1.165, 1.54) is 35.4 Å². The number of pyridine rings is 1. The number of nitrogens with one attached hydrogen (secondary N) is 1. The Morgan fingerprint density at radius 2 is 2.22 bits per heavy atom. The van der Waals surface area contributed by atoms with Crippen molar-refractivity contribution >= 4 is 17.3 Å². The van der Waals surface area contributed by atoms with Crippen molar-refractivity contribution in [2.75, 3.05) is 18.1 Å². The first-order chi connectivity index (χ1) is 8.93. The molecule has 1 N–H and O–H groups in total. The predicted octanol–water partition coefficient (Wildman–Crippen LogP) is 2.57. The normalized spacial score (nSPS) is 17.3. The molecule has 3 rings (SSSR count). The standard InChI is InChI=1S/C14H19N3S/c1-2-6-17-14(3-1)13(11-16-17)10-15-9-12-4-7-18-8-5-12/h1-3,6,11-12,15H,4-5,7-10H2. The van der Waals surface area contributed by atoms with Crippen LogP contribution in [0.5, 0.6) is 0 Å². The number of fused-ring (bicyclic) bond motifs is 1. The van der Waals surface area contributed by atoms with Gasteiger partial charge in [0, 0.05) is 18.3 Å². The molecule has 0 aromatic carbocycles. The van der Waals surface area contributed by atoms with Gasteiger partial charge in [-0.05, 0) is 48.9 Å². The second-order valence-electron chi connectivity index (χ2n) is 4.89. The number of thioether (sulfide) groups is 1. The molecule has 2 aromatic heterocycles. The Hall–Kier alpha value is -1.00. The van der Waals surface area contributed by atoms with E-state index in [0.717, 1.165) is 19.0 Å². The summed E-state index contributed by atoms with van der Waals surface area (Å²) in [5.74, 6) is 3.54. The van der Waals surface area contributed by atoms with E-state index in [4.69, 9.17) is 0 Å². The van der Waals surface area contributed by atoms with Gasteiger partial charge < -0.3 is 5.32 Å². The molecule has 0 amide bonds. The van der Waals surface area contributed by atoms with Crippen LogP contribution in [-0.2, 0) is 6.54 Å². The van der Waals surface area contributed by atoms with Crippen LogP contribution in [-0.4, -0.2) is 27.7 Å². The molecule has 3 nitrogen and oxygen atoms in total. The van der Waals surface area contributed by atoms with Gasteiger partial charge in [-0.2, -0.15) is 16.9 Å². The first kappa shape index (κ1) is 12.1. The molecule has 0 unspecified atom stereocenters. The minimum absolute atomic E-state index is 0.869. The molecule has 4 heteroatoms. The molecule has 2 aromatic rings. The molecular formula is C14H19N3S. The number of aromatic nitrogens is 2. The van der Waals surface area contributed by atoms with Gasteiger partial charge >= 0.3 is 0 Å². The highest BCUT2D eigenvalue weighted by Gasteiger charge is 2.13. The lowest BCUT2D eigenvalue weighted by Gasteiger charge is -2.21. The van der Waals surface area contributed by atoms with E-state index < -0.39 is 0 Å². The quantitative estimate of drug-likeness (QED) is 0.917. The van der Waals surface area contributed by atoms with Gasteiger partial charge in [0.2, 0.25) is 0 Å². The molecule has 1 aliphatic rings. The van der Waals surface area contributed by atoms with Crippen molar-refractivity contribution in [2.24, 2.45) is 5.92 Å². The highest BCUT2D eigenvalue weighted by molar-refractivity contribution is 7.99. The zero-order valence-corrected chi connectivity index (χ0v) is 11.3. The van der Waals surface area contributed by atoms with Crippen LogP contribution in [0, 0.1) is 5.92 Å². The fourth-order valence-electron chi connectivity index (χ4n) is 2.49. The van der Waals surface area contributed by atoms with E-state index in [0.29, 0.717) is 0 Å². The molecule has 0 bridgehead atoms. The van der Waals surface area contributed by atoms with Crippen LogP contribution < -0.4 is 5.32 Å². The minimum atomic E-state index is 0.869. The number of rotatable bonds is 4. The summed E-state index contributed by atoms with van der Waals surface area (Å²) in [4.78, 5) is 0. The fraction of sp³-hybridized carbons (Fsp3) is 0.500. The van der Waals surface area contributed by atoms with Gasteiger partial charge in [0.25, 0.3) is 0 Å². The lowest BCUT2D eigenvalue weighted by Crippen LogP contribution is -2.25. The molecule has 3 heterocycles. The topological polar surface area (TPSA) is 29.3 Å². The maximum absolute atomic E-state index is 4.36. The van der Waals surface area contributed by atoms with E-state index in [-0.39, 0.29) is 0 Å². The molecule has 0 atom stereocenters. The third kappa shape index (κ3) is 2.70. The highest BCUT2D eigenvalue weighted by atomic mass is 32.2. The average molecular weight is 261 g/mol. The first-order valence-electron chi connectivity index (χ1n) is 6.63. The summed E-state index contributed by atoms with van der Waals surface area (Å²) >= 11 is 2.09. The summed E-state index contributed by atoms with van der Waals surface area (Å²) in [7, 11) is 0. The summed E-state index contributed by atoms with van der Waals surface area (Å²) < 4.78 is 1.94. The highest BCUT2D eigenvalue weighted by Crippen LogP contribution is 2.22. The third-order valence-corrected chi connectivity index (χ3v) is 4.64. The van der Waals surface area contributed by atoms with Crippen LogP contribution in [0.1, 0.15) is 18.4 Å². The summed E-state index contributed by atoms with van der Waals surface area (Å²) in [6.07, 6.45) is 6.70. The van der Waals surface area contributed by atoms with Gasteiger partial charge in [-0.3, -0.25) is 0 Å². The Kier molecular flexibility index (Phi) is 3.86. The molecule has 18 heavy (non-hydrogen) atoms. The van der Waals surface area contributed by atoms with Crippen molar-refractivity contribution in [3.8, 4) is 0 Å². The second-order valence-corrected chi connectivity index (χ2v) is 6.11. The monoisotopic (exact) mass is 261 g/mol. The SMILES string of the molecule is c1ccn2ncc(CNCC3CCSCC3)c2c1. The predicted molar refractivity (Wildman–Crippen MR) is 76.9 cm³/mol. The van der Waals surface area contributed by atoms with Gasteiger partial charge in [0.1, 0.15) is 0 Å². The van der Waals surface area contributed by atoms with Crippen LogP contribution in [0.15, 0.2) is 30.6 Å². The van der Waals surface area contributed by atoms with Gasteiger partial charge in [-0.25, -0.2) is 4.52 Å². The van der Waals surface area contributed by atoms with Crippen molar-refractivity contribution in [3.05, 3.63) is 36.2 Å². The Morgan fingerprint density at radius 1 is 1.33 bits per heavy atom. The number of hydrogen-bond acceptors (Lipinski definition) is 3. The molecule has 0 aliphatic carbocycles. The molecule has 0 saturated carbocycles. The smallest absolute Gasteiger partial charge is 0.0706 e. The van der Waals surface area contributed by atoms with Gasteiger partial charge in [0.15, 0.2) is 0 Å². The van der Waals surface area contributed by atoms with E-state index in [2.05, 4.69) is 34.3 Å². The number of hydrogen-bond donors (Lipinski definition) is 1. The zero-order valence-electron chi connectivity index (χ0n) is 10.5. The third-order valence-electron chi connectivity index (χ3n) is 3.60. The van der Waals surface area contributed by atoms with Crippen LogP contribution in [0.3, 0.4) is 0 Å². The number of nitrogens with zero attached hydrogens (tertiary/aromatic N) is 2. The Labute approximate surface area is 112 Å². The Balaban J connectivity index is 1.56. The lowest BCUT2D eigenvalue weighted by molar-refractivity contribution is 0.448. The Morgan fingerprint density at radius 3 is 3.11 bits per heavy atom. The molecule has 1 aliphatic heterocycles. The van der Waals surface area contributed by atoms with Crippen molar-refractivity contribution in [1.29, 1.82) is 0 Å². The minimum Gasteiger partial charge on any atom is -0.312 e. The van der Waals surface area contributed by atoms with E-state index in [9.17, 15) is 0 Å². The van der Waals surface area contributed by atoms with Gasteiger partial charge in [-0.15, -0.1) is 0 Å². The van der Waals surface area contributed by atoms with E-state index in [1.807, 2.05) is 23.0 Å². The van der Waals surface area contributed by atoms with Crippen LogP contribution >= 0.6 is 11.8 Å². The summed E-state index contributed by atoms with van der Waals surface area (Å²) in [6.45, 7) is 2.07. The van der Waals surface area contributed by atoms with Gasteiger partial charge in [-0.1, -0.05) is 6.07 Å². The van der Waals surface area contributed by atoms with E-state index >= 15 is 0 Å². The molecule has 96 valence electrons. The van der Waals surface area contributed by atoms with Gasteiger partial charge in [0.05, 0.1) is 11.7 Å². The van der Waals surface area contributed by atoms with Crippen molar-refractivity contribution in [2.45, 2.75) is 19.4 Å². The average Bonchev–Trinajstić information content (AvgIpc) is 2.84. The summed E-state index contributed by atoms with van der Waals surface area (Å²) in [5.41, 5.74) is 2.50. The lowest BCUT2D eigenvalue weighted by atomic mass is 10.0. The largest absolute Gasteiger partial charge is 0.312 e. The first-order valence-corrected chi connectivity index (χ1v) is 7.78. The maximum Gasteiger partial charge on any atom is 0.0706 e. The van der Waals surface area contributed by atoms with Crippen LogP contribution in [0.2, 0.25) is 0 Å². The van der Waals surface area contributed by atoms with Crippen molar-refractivity contribution in [1.82, 2.24) is 14.9 Å². The summed E-state index contributed by atoms with van der Waals surface area (Å²) in [5, 5.41) is 7.94. The fourth-order valence-corrected chi connectivity index (χ4v) is 3.69. The molecule has 1 saturated heterocycles. The van der Waals surface area contributed by atoms with Crippen molar-refractivity contribution < 1.29 is 0 Å². The maximum atomic E-state index is 4.36. The summed E-state index contributed by atoms with van der Waals surface area (Å²) in [6, 6.07) is 6.21. The Bertz CT molecular complexity index is 502. The van der Waals surface area contributed by atoms with Crippen LogP contribution in [0.25, 0.3) is 5.52 Å². The zero-order chi connectivity index (χ0) is 12.2. The van der Waals surface area contributed by atoms with E-state index in [1.54, 1.807) is 0 Å². The molecule has 0 spiro atoms. The molecule has 1 fully saturated rings.